The normalized spacial score (nSPS) is 23.2. The van der Waals surface area contributed by atoms with Crippen LogP contribution in [0.15, 0.2) is 5.16 Å². The zero-order chi connectivity index (χ0) is 13.1. The largest absolute Gasteiger partial charge is 0.217 e. The van der Waals surface area contributed by atoms with Crippen molar-refractivity contribution in [1.29, 1.82) is 0 Å². The Labute approximate surface area is 127 Å². The second-order valence-corrected chi connectivity index (χ2v) is 7.48. The van der Waals surface area contributed by atoms with Crippen LogP contribution in [0.3, 0.4) is 0 Å². The predicted molar refractivity (Wildman–Crippen MR) is 80.7 cm³/mol. The fourth-order valence-electron chi connectivity index (χ4n) is 2.84. The summed E-state index contributed by atoms with van der Waals surface area (Å²) >= 11 is 5.61. The van der Waals surface area contributed by atoms with E-state index >= 15 is 0 Å². The lowest BCUT2D eigenvalue weighted by Gasteiger charge is -2.30. The van der Waals surface area contributed by atoms with E-state index < -0.39 is 0 Å². The van der Waals surface area contributed by atoms with Crippen molar-refractivity contribution in [2.45, 2.75) is 62.6 Å². The summed E-state index contributed by atoms with van der Waals surface area (Å²) in [6, 6.07) is 0.576. The number of nitrogens with zero attached hydrogens (tertiary/aromatic N) is 4. The average molecular weight is 345 g/mol. The lowest BCUT2D eigenvalue weighted by Crippen LogP contribution is -2.25. The first-order valence-electron chi connectivity index (χ1n) is 7.30. The highest BCUT2D eigenvalue weighted by Crippen LogP contribution is 2.42. The zero-order valence-corrected chi connectivity index (χ0v) is 13.6. The van der Waals surface area contributed by atoms with E-state index in [1.807, 2.05) is 16.4 Å². The molecule has 0 atom stereocenters. The van der Waals surface area contributed by atoms with Crippen LogP contribution < -0.4 is 0 Å². The Morgan fingerprint density at radius 1 is 1.21 bits per heavy atom. The highest BCUT2D eigenvalue weighted by atomic mass is 79.9. The molecule has 1 aromatic heterocycles. The molecule has 2 fully saturated rings. The number of hydrogen-bond acceptors (Lipinski definition) is 4. The van der Waals surface area contributed by atoms with Gasteiger partial charge in [-0.1, -0.05) is 53.4 Å². The number of halogens is 1. The molecular weight excluding hydrogens is 324 g/mol. The molecule has 6 heteroatoms. The first-order valence-corrected chi connectivity index (χ1v) is 9.40. The molecule has 1 heterocycles. The Bertz CT molecular complexity index is 411. The summed E-state index contributed by atoms with van der Waals surface area (Å²) in [7, 11) is 0. The number of thioether (sulfide) groups is 1. The van der Waals surface area contributed by atoms with Crippen LogP contribution in [0.25, 0.3) is 0 Å². The van der Waals surface area contributed by atoms with Crippen LogP contribution in [0, 0.1) is 5.41 Å². The molecule has 0 saturated heterocycles. The van der Waals surface area contributed by atoms with Gasteiger partial charge in [0.05, 0.1) is 6.04 Å². The van der Waals surface area contributed by atoms with E-state index in [2.05, 4.69) is 31.5 Å². The second-order valence-electron chi connectivity index (χ2n) is 5.97. The van der Waals surface area contributed by atoms with Crippen molar-refractivity contribution in [2.24, 2.45) is 5.41 Å². The van der Waals surface area contributed by atoms with E-state index in [9.17, 15) is 0 Å². The molecule has 19 heavy (non-hydrogen) atoms. The lowest BCUT2D eigenvalue weighted by molar-refractivity contribution is 0.333. The molecule has 4 nitrogen and oxygen atoms in total. The molecule has 3 rings (SSSR count). The van der Waals surface area contributed by atoms with E-state index in [-0.39, 0.29) is 0 Å². The number of rotatable bonds is 5. The van der Waals surface area contributed by atoms with Gasteiger partial charge in [0.25, 0.3) is 0 Å². The Morgan fingerprint density at radius 3 is 2.58 bits per heavy atom. The minimum absolute atomic E-state index is 0.446. The van der Waals surface area contributed by atoms with Crippen LogP contribution in [0.4, 0.5) is 0 Å². The van der Waals surface area contributed by atoms with Gasteiger partial charge in [-0.3, -0.25) is 0 Å². The molecular formula is C13H21BrN4S. The third-order valence-electron chi connectivity index (χ3n) is 4.31. The maximum Gasteiger partial charge on any atom is 0.209 e. The minimum atomic E-state index is 0.446. The molecule has 1 aromatic rings. The van der Waals surface area contributed by atoms with Crippen LogP contribution in [-0.4, -0.2) is 31.3 Å². The second kappa shape index (κ2) is 6.12. The van der Waals surface area contributed by atoms with Crippen LogP contribution in [0.2, 0.25) is 0 Å². The van der Waals surface area contributed by atoms with Crippen molar-refractivity contribution in [3.8, 4) is 0 Å². The summed E-state index contributed by atoms with van der Waals surface area (Å²) in [6.07, 6.45) is 10.7. The van der Waals surface area contributed by atoms with Gasteiger partial charge < -0.3 is 0 Å². The van der Waals surface area contributed by atoms with Crippen LogP contribution >= 0.6 is 27.7 Å². The summed E-state index contributed by atoms with van der Waals surface area (Å²) in [5, 5.41) is 14.3. The molecule has 2 aliphatic carbocycles. The molecule has 2 aliphatic rings. The summed E-state index contributed by atoms with van der Waals surface area (Å²) in [4.78, 5) is 0. The fraction of sp³-hybridized carbons (Fsp3) is 0.923. The van der Waals surface area contributed by atoms with Crippen molar-refractivity contribution in [2.75, 3.05) is 11.1 Å². The Morgan fingerprint density at radius 2 is 1.95 bits per heavy atom. The third kappa shape index (κ3) is 3.32. The predicted octanol–water partition coefficient (Wildman–Crippen LogP) is 3.84. The summed E-state index contributed by atoms with van der Waals surface area (Å²) in [6.45, 7) is 0. The van der Waals surface area contributed by atoms with E-state index in [0.717, 1.165) is 16.2 Å². The molecule has 0 aliphatic heterocycles. The SMILES string of the molecule is BrCC1(CSc2nnnn2C2CC2)CCCCCC1. The van der Waals surface area contributed by atoms with E-state index in [0.29, 0.717) is 11.5 Å². The van der Waals surface area contributed by atoms with Gasteiger partial charge in [0, 0.05) is 11.1 Å². The van der Waals surface area contributed by atoms with Crippen LogP contribution in [0.1, 0.15) is 57.4 Å². The molecule has 0 unspecified atom stereocenters. The quantitative estimate of drug-likeness (QED) is 0.462. The summed E-state index contributed by atoms with van der Waals surface area (Å²) < 4.78 is 2.03. The average Bonchev–Trinajstić information content (AvgIpc) is 3.22. The van der Waals surface area contributed by atoms with E-state index in [1.54, 1.807) is 0 Å². The van der Waals surface area contributed by atoms with Gasteiger partial charge in [0.15, 0.2) is 0 Å². The minimum Gasteiger partial charge on any atom is -0.217 e. The monoisotopic (exact) mass is 344 g/mol. The fourth-order valence-corrected chi connectivity index (χ4v) is 5.10. The smallest absolute Gasteiger partial charge is 0.209 e. The first-order chi connectivity index (χ1) is 9.33. The van der Waals surface area contributed by atoms with Crippen molar-refractivity contribution >= 4 is 27.7 Å². The highest BCUT2D eigenvalue weighted by molar-refractivity contribution is 9.09. The lowest BCUT2D eigenvalue weighted by atomic mass is 9.85. The topological polar surface area (TPSA) is 43.6 Å². The van der Waals surface area contributed by atoms with Gasteiger partial charge in [-0.2, -0.15) is 0 Å². The molecule has 0 amide bonds. The third-order valence-corrected chi connectivity index (χ3v) is 6.78. The van der Waals surface area contributed by atoms with Gasteiger partial charge >= 0.3 is 0 Å². The number of tetrazole rings is 1. The Kier molecular flexibility index (Phi) is 4.47. The highest BCUT2D eigenvalue weighted by Gasteiger charge is 2.32. The Hall–Kier alpha value is -0.100. The Balaban J connectivity index is 1.64. The molecule has 0 radical (unpaired) electrons. The van der Waals surface area contributed by atoms with Crippen molar-refractivity contribution in [3.63, 3.8) is 0 Å². The standard InChI is InChI=1S/C13H21BrN4S/c14-9-13(7-3-1-2-4-8-13)10-19-12-15-16-17-18(12)11-5-6-11/h11H,1-10H2. The van der Waals surface area contributed by atoms with Gasteiger partial charge in [0.1, 0.15) is 0 Å². The maximum absolute atomic E-state index is 4.20. The molecule has 106 valence electrons. The van der Waals surface area contributed by atoms with Gasteiger partial charge in [-0.25, -0.2) is 4.68 Å². The number of alkyl halides is 1. The first kappa shape index (κ1) is 13.9. The van der Waals surface area contributed by atoms with Gasteiger partial charge in [0.2, 0.25) is 5.16 Å². The van der Waals surface area contributed by atoms with Crippen molar-refractivity contribution < 1.29 is 0 Å². The number of aromatic nitrogens is 4. The molecule has 0 spiro atoms. The van der Waals surface area contributed by atoms with Gasteiger partial charge in [-0.05, 0) is 41.5 Å². The zero-order valence-electron chi connectivity index (χ0n) is 11.2. The maximum atomic E-state index is 4.20. The van der Waals surface area contributed by atoms with Crippen LogP contribution in [0.5, 0.6) is 0 Å². The molecule has 2 saturated carbocycles. The van der Waals surface area contributed by atoms with E-state index in [1.165, 1.54) is 51.4 Å². The van der Waals surface area contributed by atoms with Gasteiger partial charge in [-0.15, -0.1) is 5.10 Å². The van der Waals surface area contributed by atoms with E-state index in [4.69, 9.17) is 0 Å². The molecule has 0 aromatic carbocycles. The number of hydrogen-bond donors (Lipinski definition) is 0. The summed E-state index contributed by atoms with van der Waals surface area (Å²) in [5.74, 6) is 1.14. The van der Waals surface area contributed by atoms with Crippen molar-refractivity contribution in [3.05, 3.63) is 0 Å². The van der Waals surface area contributed by atoms with Crippen molar-refractivity contribution in [1.82, 2.24) is 20.2 Å². The molecule has 0 N–H and O–H groups in total. The van der Waals surface area contributed by atoms with Crippen LogP contribution in [-0.2, 0) is 0 Å². The summed E-state index contributed by atoms with van der Waals surface area (Å²) in [5.41, 5.74) is 0.446. The molecule has 0 bridgehead atoms.